The number of pyridine rings is 1. The number of nitrogens with zero attached hydrogens (tertiary/aromatic N) is 4. The van der Waals surface area contributed by atoms with Crippen LogP contribution in [0, 0.1) is 6.92 Å². The van der Waals surface area contributed by atoms with Gasteiger partial charge in [0.05, 0.1) is 17.4 Å². The first-order valence-electron chi connectivity index (χ1n) is 6.73. The van der Waals surface area contributed by atoms with Gasteiger partial charge in [0.25, 0.3) is 0 Å². The zero-order valence-electron chi connectivity index (χ0n) is 11.5. The van der Waals surface area contributed by atoms with Crippen LogP contribution < -0.4 is 5.32 Å². The fraction of sp³-hybridized carbons (Fsp3) is 0.0625. The van der Waals surface area contributed by atoms with Gasteiger partial charge >= 0.3 is 0 Å². The molecule has 1 aromatic carbocycles. The van der Waals surface area contributed by atoms with Crippen molar-refractivity contribution in [3.63, 3.8) is 0 Å². The van der Waals surface area contributed by atoms with Crippen LogP contribution in [0.25, 0.3) is 16.6 Å². The summed E-state index contributed by atoms with van der Waals surface area (Å²) < 4.78 is 1.77. The van der Waals surface area contributed by atoms with Gasteiger partial charge in [-0.15, -0.1) is 0 Å². The molecule has 21 heavy (non-hydrogen) atoms. The van der Waals surface area contributed by atoms with E-state index in [1.54, 1.807) is 16.9 Å². The molecule has 0 bridgehead atoms. The monoisotopic (exact) mass is 275 g/mol. The summed E-state index contributed by atoms with van der Waals surface area (Å²) in [6.45, 7) is 1.99. The molecule has 0 aliphatic rings. The van der Waals surface area contributed by atoms with E-state index in [2.05, 4.69) is 32.5 Å². The van der Waals surface area contributed by atoms with E-state index >= 15 is 0 Å². The van der Waals surface area contributed by atoms with Gasteiger partial charge in [-0.25, -0.2) is 4.98 Å². The van der Waals surface area contributed by atoms with Crippen LogP contribution in [0.15, 0.2) is 54.9 Å². The highest BCUT2D eigenvalue weighted by Crippen LogP contribution is 2.25. The standard InChI is InChI=1S/C16H13N5/c1-11-5-6-12-3-2-4-13(16(12)19-11)20-15-7-9-17-14-8-10-18-21(14)15/h2-10,20H,1H3. The molecule has 0 radical (unpaired) electrons. The summed E-state index contributed by atoms with van der Waals surface area (Å²) >= 11 is 0. The van der Waals surface area contributed by atoms with Crippen LogP contribution in [0.2, 0.25) is 0 Å². The number of aromatic nitrogens is 4. The average Bonchev–Trinajstić information content (AvgIpc) is 2.97. The predicted octanol–water partition coefficient (Wildman–Crippen LogP) is 3.33. The molecule has 3 heterocycles. The highest BCUT2D eigenvalue weighted by atomic mass is 15.3. The van der Waals surface area contributed by atoms with Crippen LogP contribution in [-0.4, -0.2) is 19.6 Å². The van der Waals surface area contributed by atoms with Gasteiger partial charge in [-0.1, -0.05) is 18.2 Å². The maximum atomic E-state index is 4.63. The van der Waals surface area contributed by atoms with Crippen molar-refractivity contribution in [2.24, 2.45) is 0 Å². The van der Waals surface area contributed by atoms with Crippen LogP contribution in [0.3, 0.4) is 0 Å². The van der Waals surface area contributed by atoms with E-state index in [1.165, 1.54) is 0 Å². The zero-order chi connectivity index (χ0) is 14.2. The van der Waals surface area contributed by atoms with Crippen molar-refractivity contribution in [3.05, 3.63) is 60.6 Å². The summed E-state index contributed by atoms with van der Waals surface area (Å²) in [7, 11) is 0. The highest BCUT2D eigenvalue weighted by molar-refractivity contribution is 5.92. The van der Waals surface area contributed by atoms with Crippen LogP contribution in [0.4, 0.5) is 11.5 Å². The topological polar surface area (TPSA) is 55.1 Å². The Kier molecular flexibility index (Phi) is 2.57. The molecular weight excluding hydrogens is 262 g/mol. The van der Waals surface area contributed by atoms with Gasteiger partial charge in [0.1, 0.15) is 5.82 Å². The normalized spacial score (nSPS) is 11.1. The molecule has 0 saturated heterocycles. The first-order chi connectivity index (χ1) is 10.3. The minimum atomic E-state index is 0.810. The first-order valence-corrected chi connectivity index (χ1v) is 6.73. The third kappa shape index (κ3) is 1.99. The fourth-order valence-corrected chi connectivity index (χ4v) is 2.41. The number of hydrogen-bond acceptors (Lipinski definition) is 4. The van der Waals surface area contributed by atoms with Crippen molar-refractivity contribution in [2.45, 2.75) is 6.92 Å². The highest BCUT2D eigenvalue weighted by Gasteiger charge is 2.06. The number of aryl methyl sites for hydroxylation is 1. The lowest BCUT2D eigenvalue weighted by Gasteiger charge is -2.10. The Hall–Kier alpha value is -2.95. The summed E-state index contributed by atoms with van der Waals surface area (Å²) in [5, 5.41) is 8.79. The van der Waals surface area contributed by atoms with Crippen LogP contribution in [0.1, 0.15) is 5.69 Å². The van der Waals surface area contributed by atoms with E-state index in [4.69, 9.17) is 0 Å². The summed E-state index contributed by atoms with van der Waals surface area (Å²) in [5.41, 5.74) is 3.72. The fourth-order valence-electron chi connectivity index (χ4n) is 2.41. The smallest absolute Gasteiger partial charge is 0.157 e. The predicted molar refractivity (Wildman–Crippen MR) is 82.7 cm³/mol. The molecule has 0 aliphatic carbocycles. The van der Waals surface area contributed by atoms with Crippen molar-refractivity contribution < 1.29 is 0 Å². The third-order valence-electron chi connectivity index (χ3n) is 3.41. The summed E-state index contributed by atoms with van der Waals surface area (Å²) in [6, 6.07) is 14.0. The van der Waals surface area contributed by atoms with E-state index in [-0.39, 0.29) is 0 Å². The molecule has 3 aromatic heterocycles. The molecule has 4 rings (SSSR count). The zero-order valence-corrected chi connectivity index (χ0v) is 11.5. The van der Waals surface area contributed by atoms with Crippen LogP contribution in [-0.2, 0) is 0 Å². The van der Waals surface area contributed by atoms with Crippen molar-refractivity contribution >= 4 is 28.1 Å². The second-order valence-electron chi connectivity index (χ2n) is 4.89. The number of benzene rings is 1. The summed E-state index contributed by atoms with van der Waals surface area (Å²) in [4.78, 5) is 8.90. The molecule has 0 amide bonds. The Labute approximate surface area is 121 Å². The Balaban J connectivity index is 1.88. The van der Waals surface area contributed by atoms with E-state index in [9.17, 15) is 0 Å². The van der Waals surface area contributed by atoms with Gasteiger partial charge in [-0.3, -0.25) is 4.98 Å². The minimum Gasteiger partial charge on any atom is -0.338 e. The molecule has 5 nitrogen and oxygen atoms in total. The number of rotatable bonds is 2. The van der Waals surface area contributed by atoms with Gasteiger partial charge < -0.3 is 5.32 Å². The summed E-state index contributed by atoms with van der Waals surface area (Å²) in [5.74, 6) is 0.862. The Morgan fingerprint density at radius 1 is 1.00 bits per heavy atom. The van der Waals surface area contributed by atoms with Gasteiger partial charge in [0, 0.05) is 23.3 Å². The molecule has 0 fully saturated rings. The molecule has 0 unspecified atom stereocenters. The van der Waals surface area contributed by atoms with Crippen LogP contribution >= 0.6 is 0 Å². The van der Waals surface area contributed by atoms with Crippen molar-refractivity contribution in [1.82, 2.24) is 19.6 Å². The van der Waals surface area contributed by atoms with Crippen molar-refractivity contribution in [3.8, 4) is 0 Å². The van der Waals surface area contributed by atoms with E-state index in [0.29, 0.717) is 0 Å². The Morgan fingerprint density at radius 3 is 2.90 bits per heavy atom. The lowest BCUT2D eigenvalue weighted by Crippen LogP contribution is -2.01. The molecule has 102 valence electrons. The largest absolute Gasteiger partial charge is 0.338 e. The molecule has 4 aromatic rings. The maximum Gasteiger partial charge on any atom is 0.157 e. The molecule has 0 spiro atoms. The quantitative estimate of drug-likeness (QED) is 0.609. The number of hydrogen-bond donors (Lipinski definition) is 1. The van der Waals surface area contributed by atoms with Gasteiger partial charge in [0.2, 0.25) is 0 Å². The number of nitrogens with one attached hydrogen (secondary N) is 1. The number of fused-ring (bicyclic) bond motifs is 2. The molecule has 0 aliphatic heterocycles. The van der Waals surface area contributed by atoms with E-state index in [0.717, 1.165) is 33.7 Å². The summed E-state index contributed by atoms with van der Waals surface area (Å²) in [6.07, 6.45) is 3.50. The van der Waals surface area contributed by atoms with E-state index < -0.39 is 0 Å². The lowest BCUT2D eigenvalue weighted by molar-refractivity contribution is 0.947. The van der Waals surface area contributed by atoms with E-state index in [1.807, 2.05) is 37.3 Å². The Morgan fingerprint density at radius 2 is 1.95 bits per heavy atom. The van der Waals surface area contributed by atoms with Crippen molar-refractivity contribution in [1.29, 1.82) is 0 Å². The number of para-hydroxylation sites is 1. The van der Waals surface area contributed by atoms with Crippen LogP contribution in [0.5, 0.6) is 0 Å². The van der Waals surface area contributed by atoms with Gasteiger partial charge in [-0.2, -0.15) is 9.61 Å². The van der Waals surface area contributed by atoms with Gasteiger partial charge in [0.15, 0.2) is 5.65 Å². The van der Waals surface area contributed by atoms with Gasteiger partial charge in [-0.05, 0) is 25.1 Å². The Bertz CT molecular complexity index is 942. The lowest BCUT2D eigenvalue weighted by atomic mass is 10.1. The molecular formula is C16H13N5. The third-order valence-corrected chi connectivity index (χ3v) is 3.41. The average molecular weight is 275 g/mol. The molecule has 0 atom stereocenters. The minimum absolute atomic E-state index is 0.810. The SMILES string of the molecule is Cc1ccc2cccc(Nc3ccnc4ccnn34)c2n1. The van der Waals surface area contributed by atoms with Crippen molar-refractivity contribution in [2.75, 3.05) is 5.32 Å². The first kappa shape index (κ1) is 11.8. The number of anilines is 2. The second-order valence-corrected chi connectivity index (χ2v) is 4.89. The molecule has 0 saturated carbocycles. The second kappa shape index (κ2) is 4.56. The molecule has 5 heteroatoms. The maximum absolute atomic E-state index is 4.63. The molecule has 1 N–H and O–H groups in total.